The molecular weight excluding hydrogens is 487 g/mol. The number of carbonyl (C=O) groups is 2. The molecule has 2 aromatic carbocycles. The maximum absolute atomic E-state index is 13.0. The van der Waals surface area contributed by atoms with Crippen molar-refractivity contribution in [3.63, 3.8) is 0 Å². The zero-order valence-electron chi connectivity index (χ0n) is 18.4. The molecular formula is C23H20F3N3O5S. The normalized spacial score (nSPS) is 13.5. The van der Waals surface area contributed by atoms with Gasteiger partial charge in [-0.05, 0) is 41.8 Å². The number of H-pyrrole nitrogens is 1. The van der Waals surface area contributed by atoms with Gasteiger partial charge in [-0.2, -0.15) is 13.2 Å². The number of benzene rings is 2. The number of amides is 2. The molecule has 0 saturated carbocycles. The third kappa shape index (κ3) is 5.16. The average Bonchev–Trinajstić information content (AvgIpc) is 3.11. The van der Waals surface area contributed by atoms with Crippen LogP contribution in [-0.2, 0) is 28.6 Å². The van der Waals surface area contributed by atoms with E-state index < -0.39 is 29.1 Å². The molecule has 3 N–H and O–H groups in total. The maximum atomic E-state index is 13.0. The van der Waals surface area contributed by atoms with Crippen molar-refractivity contribution in [2.24, 2.45) is 0 Å². The zero-order valence-corrected chi connectivity index (χ0v) is 19.2. The second kappa shape index (κ2) is 9.45. The molecule has 2 amide bonds. The molecule has 0 radical (unpaired) electrons. The summed E-state index contributed by atoms with van der Waals surface area (Å²) >= 11 is 0.869. The van der Waals surface area contributed by atoms with Crippen molar-refractivity contribution < 1.29 is 32.6 Å². The Bertz CT molecular complexity index is 1350. The summed E-state index contributed by atoms with van der Waals surface area (Å²) in [5.41, 5.74) is 0.880. The van der Waals surface area contributed by atoms with Crippen LogP contribution in [0.3, 0.4) is 0 Å². The standard InChI is InChI=1S/C23H20F3N3O5S/c1-34-16-7-5-12(9-17-21(32)28-22(33)35-17)15-6-8-19(31)29(20(15)16)11-18(30)27-14-4-2-3-13(10-14)23(24,25)26/h2-5,7,10,32H,6,8-9,11H2,1H3,(H,27,30)(H,28,33). The number of rotatable bonds is 6. The van der Waals surface area contributed by atoms with Crippen molar-refractivity contribution >= 4 is 34.5 Å². The van der Waals surface area contributed by atoms with E-state index in [9.17, 15) is 32.7 Å². The van der Waals surface area contributed by atoms with Crippen molar-refractivity contribution in [3.8, 4) is 11.6 Å². The number of aromatic hydroxyl groups is 1. The second-order valence-corrected chi connectivity index (χ2v) is 8.89. The van der Waals surface area contributed by atoms with Crippen LogP contribution in [0.4, 0.5) is 24.5 Å². The minimum Gasteiger partial charge on any atom is -0.495 e. The lowest BCUT2D eigenvalue weighted by molar-refractivity contribution is -0.137. The van der Waals surface area contributed by atoms with E-state index in [-0.39, 0.29) is 30.3 Å². The zero-order chi connectivity index (χ0) is 25.3. The van der Waals surface area contributed by atoms with Gasteiger partial charge >= 0.3 is 11.0 Å². The largest absolute Gasteiger partial charge is 0.495 e. The molecule has 2 heterocycles. The molecule has 3 aromatic rings. The molecule has 0 atom stereocenters. The number of methoxy groups -OCH3 is 1. The number of halogens is 3. The van der Waals surface area contributed by atoms with E-state index in [0.29, 0.717) is 22.7 Å². The molecule has 4 rings (SSSR count). The van der Waals surface area contributed by atoms with E-state index in [2.05, 4.69) is 10.3 Å². The number of ether oxygens (including phenoxy) is 1. The predicted molar refractivity (Wildman–Crippen MR) is 123 cm³/mol. The molecule has 8 nitrogen and oxygen atoms in total. The fourth-order valence-electron chi connectivity index (χ4n) is 3.98. The Morgan fingerprint density at radius 3 is 2.66 bits per heavy atom. The Labute approximate surface area is 201 Å². The fraction of sp³-hybridized carbons (Fsp3) is 0.261. The Kier molecular flexibility index (Phi) is 6.57. The minimum atomic E-state index is -4.56. The lowest BCUT2D eigenvalue weighted by atomic mass is 9.93. The SMILES string of the molecule is COc1ccc(Cc2sc(=O)[nH]c2O)c2c1N(CC(=O)Nc1cccc(C(F)(F)F)c1)C(=O)CC2. The number of aromatic amines is 1. The Balaban J connectivity index is 1.63. The van der Waals surface area contributed by atoms with Gasteiger partial charge in [0.15, 0.2) is 0 Å². The Morgan fingerprint density at radius 1 is 1.23 bits per heavy atom. The first-order chi connectivity index (χ1) is 16.6. The summed E-state index contributed by atoms with van der Waals surface area (Å²) in [7, 11) is 1.42. The van der Waals surface area contributed by atoms with E-state index in [4.69, 9.17) is 4.74 Å². The van der Waals surface area contributed by atoms with Crippen molar-refractivity contribution in [1.82, 2.24) is 4.98 Å². The van der Waals surface area contributed by atoms with Gasteiger partial charge < -0.3 is 15.2 Å². The predicted octanol–water partition coefficient (Wildman–Crippen LogP) is 3.68. The summed E-state index contributed by atoms with van der Waals surface area (Å²) in [6.45, 7) is -0.440. The summed E-state index contributed by atoms with van der Waals surface area (Å²) < 4.78 is 44.4. The van der Waals surface area contributed by atoms with E-state index >= 15 is 0 Å². The third-order valence-corrected chi connectivity index (χ3v) is 6.42. The molecule has 0 saturated heterocycles. The van der Waals surface area contributed by atoms with E-state index in [1.165, 1.54) is 24.1 Å². The van der Waals surface area contributed by atoms with Crippen LogP contribution in [0.1, 0.15) is 28.0 Å². The molecule has 184 valence electrons. The average molecular weight is 507 g/mol. The van der Waals surface area contributed by atoms with Crippen molar-refractivity contribution in [3.05, 3.63) is 67.6 Å². The summed E-state index contributed by atoms with van der Waals surface area (Å²) in [6, 6.07) is 7.60. The number of hydrogen-bond acceptors (Lipinski definition) is 6. The summed E-state index contributed by atoms with van der Waals surface area (Å²) in [6.07, 6.45) is -3.89. The number of thiazole rings is 1. The van der Waals surface area contributed by atoms with Crippen LogP contribution in [0.15, 0.2) is 41.2 Å². The number of fused-ring (bicyclic) bond motifs is 1. The van der Waals surface area contributed by atoms with Crippen LogP contribution in [-0.4, -0.2) is 35.6 Å². The number of nitrogens with zero attached hydrogens (tertiary/aromatic N) is 1. The number of anilines is 2. The smallest absolute Gasteiger partial charge is 0.416 e. The first-order valence-corrected chi connectivity index (χ1v) is 11.3. The van der Waals surface area contributed by atoms with E-state index in [0.717, 1.165) is 34.6 Å². The molecule has 0 unspecified atom stereocenters. The van der Waals surface area contributed by atoms with Crippen LogP contribution < -0.4 is 19.8 Å². The molecule has 0 aliphatic carbocycles. The molecule has 12 heteroatoms. The van der Waals surface area contributed by atoms with Crippen molar-refractivity contribution in [1.29, 1.82) is 0 Å². The Hall–Kier alpha value is -3.80. The summed E-state index contributed by atoms with van der Waals surface area (Å²) in [5, 5.41) is 12.4. The molecule has 1 aromatic heterocycles. The highest BCUT2D eigenvalue weighted by Crippen LogP contribution is 2.40. The second-order valence-electron chi connectivity index (χ2n) is 7.82. The fourth-order valence-corrected chi connectivity index (χ4v) is 4.73. The lowest BCUT2D eigenvalue weighted by Crippen LogP contribution is -2.41. The van der Waals surface area contributed by atoms with Gasteiger partial charge in [0.2, 0.25) is 17.7 Å². The molecule has 0 fully saturated rings. The molecule has 35 heavy (non-hydrogen) atoms. The van der Waals surface area contributed by atoms with Gasteiger partial charge in [-0.3, -0.25) is 24.3 Å². The third-order valence-electron chi connectivity index (χ3n) is 5.55. The maximum Gasteiger partial charge on any atom is 0.416 e. The van der Waals surface area contributed by atoms with Gasteiger partial charge in [0.1, 0.15) is 12.3 Å². The first-order valence-electron chi connectivity index (χ1n) is 10.4. The van der Waals surface area contributed by atoms with Gasteiger partial charge in [0.05, 0.1) is 23.2 Å². The molecule has 1 aliphatic rings. The summed E-state index contributed by atoms with van der Waals surface area (Å²) in [5.74, 6) is -0.912. The van der Waals surface area contributed by atoms with Crippen molar-refractivity contribution in [2.45, 2.75) is 25.4 Å². The quantitative estimate of drug-likeness (QED) is 0.471. The highest BCUT2D eigenvalue weighted by atomic mass is 32.1. The van der Waals surface area contributed by atoms with Crippen LogP contribution >= 0.6 is 11.3 Å². The van der Waals surface area contributed by atoms with Gasteiger partial charge in [0, 0.05) is 18.5 Å². The van der Waals surface area contributed by atoms with Crippen LogP contribution in [0.2, 0.25) is 0 Å². The van der Waals surface area contributed by atoms with Gasteiger partial charge in [-0.25, -0.2) is 0 Å². The minimum absolute atomic E-state index is 0.0481. The lowest BCUT2D eigenvalue weighted by Gasteiger charge is -2.32. The number of aromatic nitrogens is 1. The van der Waals surface area contributed by atoms with Gasteiger partial charge in [-0.15, -0.1) is 0 Å². The number of hydrogen-bond donors (Lipinski definition) is 3. The van der Waals surface area contributed by atoms with Crippen molar-refractivity contribution in [2.75, 3.05) is 23.9 Å². The number of alkyl halides is 3. The van der Waals surface area contributed by atoms with E-state index in [1.807, 2.05) is 0 Å². The molecule has 0 bridgehead atoms. The monoisotopic (exact) mass is 507 g/mol. The number of nitrogens with one attached hydrogen (secondary N) is 2. The van der Waals surface area contributed by atoms with Crippen LogP contribution in [0, 0.1) is 0 Å². The highest BCUT2D eigenvalue weighted by Gasteiger charge is 2.32. The summed E-state index contributed by atoms with van der Waals surface area (Å²) in [4.78, 5) is 40.6. The highest BCUT2D eigenvalue weighted by molar-refractivity contribution is 7.09. The Morgan fingerprint density at radius 2 is 2.00 bits per heavy atom. The topological polar surface area (TPSA) is 112 Å². The first kappa shape index (κ1) is 24.3. The van der Waals surface area contributed by atoms with Gasteiger partial charge in [0.25, 0.3) is 0 Å². The van der Waals surface area contributed by atoms with Crippen LogP contribution in [0.25, 0.3) is 0 Å². The molecule has 0 spiro atoms. The van der Waals surface area contributed by atoms with E-state index in [1.54, 1.807) is 12.1 Å². The molecule has 1 aliphatic heterocycles. The van der Waals surface area contributed by atoms with Crippen LogP contribution in [0.5, 0.6) is 11.6 Å². The number of carbonyl (C=O) groups excluding carboxylic acids is 2. The van der Waals surface area contributed by atoms with Gasteiger partial charge in [-0.1, -0.05) is 23.5 Å².